The van der Waals surface area contributed by atoms with Crippen LogP contribution in [-0.4, -0.2) is 12.1 Å². The second-order valence-corrected chi connectivity index (χ2v) is 4.36. The molecule has 0 radical (unpaired) electrons. The van der Waals surface area contributed by atoms with Crippen molar-refractivity contribution in [3.63, 3.8) is 0 Å². The zero-order chi connectivity index (χ0) is 11.4. The standard InChI is InChI=1S/C14H19NO/c1-3-11(2)16-14-6-4-5-12(9-14)10-15-13-7-8-13/h3-6,9,11,13,15H,1,7-8,10H2,2H3. The van der Waals surface area contributed by atoms with E-state index < -0.39 is 0 Å². The fraction of sp³-hybridized carbons (Fsp3) is 0.429. The Morgan fingerprint density at radius 1 is 1.56 bits per heavy atom. The fourth-order valence-corrected chi connectivity index (χ4v) is 1.54. The summed E-state index contributed by atoms with van der Waals surface area (Å²) >= 11 is 0. The summed E-state index contributed by atoms with van der Waals surface area (Å²) in [6, 6.07) is 8.99. The van der Waals surface area contributed by atoms with Crippen LogP contribution in [0.3, 0.4) is 0 Å². The molecule has 1 aliphatic rings. The smallest absolute Gasteiger partial charge is 0.120 e. The summed E-state index contributed by atoms with van der Waals surface area (Å²) in [5, 5.41) is 3.49. The van der Waals surface area contributed by atoms with Crippen LogP contribution in [-0.2, 0) is 6.54 Å². The highest BCUT2D eigenvalue weighted by atomic mass is 16.5. The van der Waals surface area contributed by atoms with Crippen LogP contribution in [0.5, 0.6) is 5.75 Å². The second-order valence-electron chi connectivity index (χ2n) is 4.36. The molecule has 1 fully saturated rings. The third-order valence-electron chi connectivity index (χ3n) is 2.72. The number of benzene rings is 1. The van der Waals surface area contributed by atoms with Crippen LogP contribution < -0.4 is 10.1 Å². The minimum absolute atomic E-state index is 0.0617. The van der Waals surface area contributed by atoms with E-state index in [4.69, 9.17) is 4.74 Å². The Balaban J connectivity index is 1.91. The molecule has 1 saturated carbocycles. The molecule has 1 aliphatic carbocycles. The normalized spacial score (nSPS) is 16.8. The molecule has 1 aromatic carbocycles. The quantitative estimate of drug-likeness (QED) is 0.740. The maximum Gasteiger partial charge on any atom is 0.120 e. The molecule has 0 amide bonds. The van der Waals surface area contributed by atoms with Crippen molar-refractivity contribution in [3.8, 4) is 5.75 Å². The summed E-state index contributed by atoms with van der Waals surface area (Å²) in [7, 11) is 0. The first-order valence-electron chi connectivity index (χ1n) is 5.89. The van der Waals surface area contributed by atoms with E-state index >= 15 is 0 Å². The first-order chi connectivity index (χ1) is 7.78. The lowest BCUT2D eigenvalue weighted by atomic mass is 10.2. The Kier molecular flexibility index (Phi) is 3.62. The van der Waals surface area contributed by atoms with Crippen LogP contribution in [0.25, 0.3) is 0 Å². The molecule has 1 atom stereocenters. The van der Waals surface area contributed by atoms with Crippen molar-refractivity contribution < 1.29 is 4.74 Å². The van der Waals surface area contributed by atoms with Gasteiger partial charge in [-0.3, -0.25) is 0 Å². The van der Waals surface area contributed by atoms with E-state index in [1.54, 1.807) is 6.08 Å². The van der Waals surface area contributed by atoms with Crippen LogP contribution in [0.1, 0.15) is 25.3 Å². The van der Waals surface area contributed by atoms with Crippen LogP contribution in [0.4, 0.5) is 0 Å². The van der Waals surface area contributed by atoms with E-state index in [9.17, 15) is 0 Å². The van der Waals surface area contributed by atoms with Gasteiger partial charge in [-0.25, -0.2) is 0 Å². The summed E-state index contributed by atoms with van der Waals surface area (Å²) < 4.78 is 5.68. The molecule has 0 spiro atoms. The highest BCUT2D eigenvalue weighted by Crippen LogP contribution is 2.20. The van der Waals surface area contributed by atoms with Crippen LogP contribution in [0, 0.1) is 0 Å². The molecule has 0 bridgehead atoms. The summed E-state index contributed by atoms with van der Waals surface area (Å²) in [5.74, 6) is 0.919. The van der Waals surface area contributed by atoms with Crippen LogP contribution >= 0.6 is 0 Å². The Morgan fingerprint density at radius 2 is 2.38 bits per heavy atom. The number of hydrogen-bond donors (Lipinski definition) is 1. The van der Waals surface area contributed by atoms with Crippen LogP contribution in [0.2, 0.25) is 0 Å². The van der Waals surface area contributed by atoms with E-state index in [0.29, 0.717) is 0 Å². The van der Waals surface area contributed by atoms with Crippen LogP contribution in [0.15, 0.2) is 36.9 Å². The van der Waals surface area contributed by atoms with Crippen molar-refractivity contribution in [2.45, 2.75) is 38.5 Å². The summed E-state index contributed by atoms with van der Waals surface area (Å²) in [6.07, 6.45) is 4.51. The third kappa shape index (κ3) is 3.38. The van der Waals surface area contributed by atoms with Gasteiger partial charge in [0.1, 0.15) is 11.9 Å². The Hall–Kier alpha value is -1.28. The zero-order valence-electron chi connectivity index (χ0n) is 9.78. The lowest BCUT2D eigenvalue weighted by Crippen LogP contribution is -2.15. The van der Waals surface area contributed by atoms with Crippen molar-refractivity contribution >= 4 is 0 Å². The molecule has 2 heteroatoms. The van der Waals surface area contributed by atoms with Gasteiger partial charge >= 0.3 is 0 Å². The average molecular weight is 217 g/mol. The predicted molar refractivity (Wildman–Crippen MR) is 66.6 cm³/mol. The van der Waals surface area contributed by atoms with Gasteiger partial charge in [-0.1, -0.05) is 24.8 Å². The molecule has 1 unspecified atom stereocenters. The monoisotopic (exact) mass is 217 g/mol. The molecule has 2 nitrogen and oxygen atoms in total. The van der Waals surface area contributed by atoms with Gasteiger partial charge in [0.2, 0.25) is 0 Å². The number of nitrogens with one attached hydrogen (secondary N) is 1. The lowest BCUT2D eigenvalue weighted by Gasteiger charge is -2.11. The highest BCUT2D eigenvalue weighted by molar-refractivity contribution is 5.29. The van der Waals surface area contributed by atoms with Gasteiger partial charge < -0.3 is 10.1 Å². The molecule has 1 aromatic rings. The van der Waals surface area contributed by atoms with Gasteiger partial charge in [-0.15, -0.1) is 0 Å². The Bertz CT molecular complexity index is 358. The SMILES string of the molecule is C=CC(C)Oc1cccc(CNC2CC2)c1. The maximum absolute atomic E-state index is 5.68. The van der Waals surface area contributed by atoms with E-state index in [0.717, 1.165) is 18.3 Å². The summed E-state index contributed by atoms with van der Waals surface area (Å²) in [4.78, 5) is 0. The summed E-state index contributed by atoms with van der Waals surface area (Å²) in [5.41, 5.74) is 1.28. The fourth-order valence-electron chi connectivity index (χ4n) is 1.54. The molecule has 0 aliphatic heterocycles. The topological polar surface area (TPSA) is 21.3 Å². The van der Waals surface area contributed by atoms with Gasteiger partial charge in [0.05, 0.1) is 0 Å². The first-order valence-corrected chi connectivity index (χ1v) is 5.89. The van der Waals surface area contributed by atoms with Crippen molar-refractivity contribution in [1.29, 1.82) is 0 Å². The zero-order valence-corrected chi connectivity index (χ0v) is 9.78. The number of hydrogen-bond acceptors (Lipinski definition) is 2. The van der Waals surface area contributed by atoms with Gasteiger partial charge in [-0.05, 0) is 37.5 Å². The van der Waals surface area contributed by atoms with Crippen molar-refractivity contribution in [1.82, 2.24) is 5.32 Å². The lowest BCUT2D eigenvalue weighted by molar-refractivity contribution is 0.270. The molecule has 16 heavy (non-hydrogen) atoms. The van der Waals surface area contributed by atoms with Gasteiger partial charge in [0.15, 0.2) is 0 Å². The van der Waals surface area contributed by atoms with E-state index in [-0.39, 0.29) is 6.10 Å². The second kappa shape index (κ2) is 5.17. The van der Waals surface area contributed by atoms with E-state index in [2.05, 4.69) is 24.0 Å². The van der Waals surface area contributed by atoms with E-state index in [1.807, 2.05) is 19.1 Å². The molecule has 1 N–H and O–H groups in total. The Morgan fingerprint density at radius 3 is 3.06 bits per heavy atom. The molecule has 0 aromatic heterocycles. The third-order valence-corrected chi connectivity index (χ3v) is 2.72. The number of ether oxygens (including phenoxy) is 1. The first kappa shape index (κ1) is 11.2. The summed E-state index contributed by atoms with van der Waals surface area (Å²) in [6.45, 7) is 6.63. The Labute approximate surface area is 97.3 Å². The van der Waals surface area contributed by atoms with Gasteiger partial charge in [0, 0.05) is 12.6 Å². The average Bonchev–Trinajstić information content (AvgIpc) is 3.10. The maximum atomic E-state index is 5.68. The van der Waals surface area contributed by atoms with Crippen molar-refractivity contribution in [2.75, 3.05) is 0 Å². The molecule has 2 rings (SSSR count). The van der Waals surface area contributed by atoms with Crippen molar-refractivity contribution in [3.05, 3.63) is 42.5 Å². The van der Waals surface area contributed by atoms with Crippen molar-refractivity contribution in [2.24, 2.45) is 0 Å². The molecular formula is C14H19NO. The number of rotatable bonds is 6. The largest absolute Gasteiger partial charge is 0.487 e. The highest BCUT2D eigenvalue weighted by Gasteiger charge is 2.19. The molecule has 0 saturated heterocycles. The predicted octanol–water partition coefficient (Wildman–Crippen LogP) is 2.89. The molecule has 86 valence electrons. The minimum atomic E-state index is 0.0617. The van der Waals surface area contributed by atoms with Gasteiger partial charge in [-0.2, -0.15) is 0 Å². The minimum Gasteiger partial charge on any atom is -0.487 e. The molecular weight excluding hydrogens is 198 g/mol. The van der Waals surface area contributed by atoms with E-state index in [1.165, 1.54) is 18.4 Å². The molecule has 0 heterocycles. The van der Waals surface area contributed by atoms with Gasteiger partial charge in [0.25, 0.3) is 0 Å².